The Balaban J connectivity index is 2.28. The highest BCUT2D eigenvalue weighted by Gasteiger charge is 2.33. The van der Waals surface area contributed by atoms with Crippen molar-refractivity contribution in [1.82, 2.24) is 4.72 Å². The van der Waals surface area contributed by atoms with E-state index in [4.69, 9.17) is 10.5 Å². The molecule has 0 radical (unpaired) electrons. The molecule has 0 aromatic rings. The Labute approximate surface area is 85.1 Å². The fourth-order valence-electron chi connectivity index (χ4n) is 1.33. The maximum absolute atomic E-state index is 11.3. The first kappa shape index (κ1) is 11.9. The van der Waals surface area contributed by atoms with Gasteiger partial charge in [0.05, 0.1) is 12.4 Å². The number of methoxy groups -OCH3 is 1. The Morgan fingerprint density at radius 3 is 2.57 bits per heavy atom. The highest BCUT2D eigenvalue weighted by Crippen LogP contribution is 2.28. The van der Waals surface area contributed by atoms with Crippen molar-refractivity contribution < 1.29 is 13.2 Å². The van der Waals surface area contributed by atoms with E-state index in [9.17, 15) is 8.42 Å². The number of nitrogens with one attached hydrogen (secondary N) is 1. The highest BCUT2D eigenvalue weighted by molar-refractivity contribution is 7.89. The zero-order valence-corrected chi connectivity index (χ0v) is 9.27. The molecule has 1 fully saturated rings. The molecule has 84 valence electrons. The molecule has 0 unspecified atom stereocenters. The van der Waals surface area contributed by atoms with Gasteiger partial charge in [0, 0.05) is 19.2 Å². The fourth-order valence-corrected chi connectivity index (χ4v) is 2.36. The number of sulfonamides is 1. The zero-order chi connectivity index (χ0) is 10.7. The van der Waals surface area contributed by atoms with E-state index in [1.165, 1.54) is 7.11 Å². The van der Waals surface area contributed by atoms with Crippen LogP contribution in [-0.4, -0.2) is 40.0 Å². The van der Waals surface area contributed by atoms with E-state index < -0.39 is 10.0 Å². The number of hydrogen-bond acceptors (Lipinski definition) is 4. The second-order valence-corrected chi connectivity index (χ2v) is 5.78. The molecule has 1 aliphatic carbocycles. The Kier molecular flexibility index (Phi) is 3.88. The Bertz CT molecular complexity index is 272. The van der Waals surface area contributed by atoms with Crippen LogP contribution in [0.15, 0.2) is 0 Å². The first-order chi connectivity index (χ1) is 6.47. The van der Waals surface area contributed by atoms with Gasteiger partial charge in [0.2, 0.25) is 10.0 Å². The molecule has 0 heterocycles. The highest BCUT2D eigenvalue weighted by atomic mass is 32.2. The van der Waals surface area contributed by atoms with Gasteiger partial charge in [-0.25, -0.2) is 13.1 Å². The van der Waals surface area contributed by atoms with Gasteiger partial charge in [-0.1, -0.05) is 0 Å². The topological polar surface area (TPSA) is 81.4 Å². The van der Waals surface area contributed by atoms with Gasteiger partial charge in [0.15, 0.2) is 0 Å². The van der Waals surface area contributed by atoms with Gasteiger partial charge in [-0.3, -0.25) is 0 Å². The molecule has 1 aliphatic rings. The summed E-state index contributed by atoms with van der Waals surface area (Å²) >= 11 is 0. The van der Waals surface area contributed by atoms with E-state index in [1.807, 2.05) is 0 Å². The molecule has 0 atom stereocenters. The maximum Gasteiger partial charge on any atom is 0.213 e. The third-order valence-corrected chi connectivity index (χ3v) is 3.84. The number of hydrogen-bond donors (Lipinski definition) is 2. The molecule has 0 aromatic carbocycles. The quantitative estimate of drug-likeness (QED) is 0.631. The predicted octanol–water partition coefficient (Wildman–Crippen LogP) is -0.566. The fraction of sp³-hybridized carbons (Fsp3) is 1.00. The van der Waals surface area contributed by atoms with Crippen molar-refractivity contribution in [3.05, 3.63) is 0 Å². The van der Waals surface area contributed by atoms with Crippen molar-refractivity contribution in [2.75, 3.05) is 26.0 Å². The average Bonchev–Trinajstić information content (AvgIpc) is 2.09. The van der Waals surface area contributed by atoms with Crippen LogP contribution in [-0.2, 0) is 14.8 Å². The monoisotopic (exact) mass is 222 g/mol. The molecule has 0 saturated heterocycles. The summed E-state index contributed by atoms with van der Waals surface area (Å²) in [5, 5.41) is 0. The van der Waals surface area contributed by atoms with Gasteiger partial charge in [0.1, 0.15) is 0 Å². The minimum Gasteiger partial charge on any atom is -0.384 e. The Morgan fingerprint density at radius 2 is 2.14 bits per heavy atom. The van der Waals surface area contributed by atoms with Crippen molar-refractivity contribution in [3.63, 3.8) is 0 Å². The van der Waals surface area contributed by atoms with Gasteiger partial charge >= 0.3 is 0 Å². The Morgan fingerprint density at radius 1 is 1.50 bits per heavy atom. The van der Waals surface area contributed by atoms with E-state index in [1.54, 1.807) is 0 Å². The molecule has 6 heteroatoms. The summed E-state index contributed by atoms with van der Waals surface area (Å²) < 4.78 is 29.9. The second kappa shape index (κ2) is 4.57. The molecule has 0 aromatic heterocycles. The number of ether oxygens (including phenoxy) is 1. The third-order valence-electron chi connectivity index (χ3n) is 2.55. The lowest BCUT2D eigenvalue weighted by Crippen LogP contribution is -2.55. The van der Waals surface area contributed by atoms with Crippen molar-refractivity contribution in [3.8, 4) is 0 Å². The summed E-state index contributed by atoms with van der Waals surface area (Å²) in [6.45, 7) is 0.561. The smallest absolute Gasteiger partial charge is 0.213 e. The molecule has 0 amide bonds. The maximum atomic E-state index is 11.3. The van der Waals surface area contributed by atoms with Gasteiger partial charge in [-0.2, -0.15) is 0 Å². The molecule has 1 saturated carbocycles. The van der Waals surface area contributed by atoms with E-state index in [0.717, 1.165) is 19.3 Å². The lowest BCUT2D eigenvalue weighted by atomic mass is 9.78. The molecule has 0 aliphatic heterocycles. The minimum atomic E-state index is -3.21. The van der Waals surface area contributed by atoms with Crippen molar-refractivity contribution in [2.45, 2.75) is 24.8 Å². The number of nitrogens with two attached hydrogens (primary N) is 1. The molecular weight excluding hydrogens is 204 g/mol. The second-order valence-electron chi connectivity index (χ2n) is 3.85. The van der Waals surface area contributed by atoms with E-state index in [2.05, 4.69) is 4.72 Å². The summed E-state index contributed by atoms with van der Waals surface area (Å²) in [5.41, 5.74) is 5.58. The first-order valence-electron chi connectivity index (χ1n) is 4.73. The predicted molar refractivity (Wildman–Crippen MR) is 54.4 cm³/mol. The van der Waals surface area contributed by atoms with Crippen LogP contribution in [0.5, 0.6) is 0 Å². The largest absolute Gasteiger partial charge is 0.384 e. The zero-order valence-electron chi connectivity index (χ0n) is 8.45. The van der Waals surface area contributed by atoms with E-state index in [-0.39, 0.29) is 17.9 Å². The lowest BCUT2D eigenvalue weighted by Gasteiger charge is -2.37. The van der Waals surface area contributed by atoms with Crippen LogP contribution >= 0.6 is 0 Å². The lowest BCUT2D eigenvalue weighted by molar-refractivity contribution is 0.216. The molecule has 5 nitrogen and oxygen atoms in total. The molecule has 1 rings (SSSR count). The van der Waals surface area contributed by atoms with Gasteiger partial charge in [-0.15, -0.1) is 0 Å². The Hall–Kier alpha value is -0.170. The van der Waals surface area contributed by atoms with Crippen molar-refractivity contribution >= 4 is 10.0 Å². The van der Waals surface area contributed by atoms with Crippen molar-refractivity contribution in [1.29, 1.82) is 0 Å². The van der Waals surface area contributed by atoms with Crippen LogP contribution in [0.4, 0.5) is 0 Å². The summed E-state index contributed by atoms with van der Waals surface area (Å²) in [7, 11) is -1.73. The van der Waals surface area contributed by atoms with E-state index >= 15 is 0 Å². The van der Waals surface area contributed by atoms with Gasteiger partial charge < -0.3 is 10.5 Å². The van der Waals surface area contributed by atoms with Crippen molar-refractivity contribution in [2.24, 2.45) is 5.73 Å². The van der Waals surface area contributed by atoms with Crippen LogP contribution < -0.4 is 10.5 Å². The summed E-state index contributed by atoms with van der Waals surface area (Å²) in [6, 6.07) is 0. The number of rotatable bonds is 6. The van der Waals surface area contributed by atoms with Crippen LogP contribution in [0.3, 0.4) is 0 Å². The summed E-state index contributed by atoms with van der Waals surface area (Å²) in [5.74, 6) is -0.000417. The van der Waals surface area contributed by atoms with Crippen LogP contribution in [0.1, 0.15) is 19.3 Å². The van der Waals surface area contributed by atoms with Crippen LogP contribution in [0.25, 0.3) is 0 Å². The molecule has 0 bridgehead atoms. The van der Waals surface area contributed by atoms with Gasteiger partial charge in [0.25, 0.3) is 0 Å². The summed E-state index contributed by atoms with van der Waals surface area (Å²) in [6.07, 6.45) is 2.90. The average molecular weight is 222 g/mol. The SMILES string of the molecule is COCCS(=O)(=O)NCC1(N)CCC1. The van der Waals surface area contributed by atoms with Crippen LogP contribution in [0, 0.1) is 0 Å². The van der Waals surface area contributed by atoms with Crippen LogP contribution in [0.2, 0.25) is 0 Å². The standard InChI is InChI=1S/C8H18N2O3S/c1-13-5-6-14(11,12)10-7-8(9)3-2-4-8/h10H,2-7,9H2,1H3. The molecule has 14 heavy (non-hydrogen) atoms. The third kappa shape index (κ3) is 3.53. The van der Waals surface area contributed by atoms with E-state index in [0.29, 0.717) is 6.54 Å². The minimum absolute atomic E-state index is 0.000417. The first-order valence-corrected chi connectivity index (χ1v) is 6.38. The van der Waals surface area contributed by atoms with Gasteiger partial charge in [-0.05, 0) is 19.3 Å². The molecular formula is C8H18N2O3S. The summed E-state index contributed by atoms with van der Waals surface area (Å²) in [4.78, 5) is 0. The normalized spacial score (nSPS) is 20.4. The molecule has 0 spiro atoms. The molecule has 3 N–H and O–H groups in total.